The number of nitrogens with one attached hydrogen (secondary N) is 1. The highest BCUT2D eigenvalue weighted by molar-refractivity contribution is 5.86. The predicted octanol–water partition coefficient (Wildman–Crippen LogP) is 4.33. The number of ether oxygens (including phenoxy) is 2. The van der Waals surface area contributed by atoms with E-state index >= 15 is 0 Å². The molecule has 6 rings (SSSR count). The molecule has 2 bridgehead atoms. The summed E-state index contributed by atoms with van der Waals surface area (Å²) >= 11 is 0. The van der Waals surface area contributed by atoms with Gasteiger partial charge >= 0.3 is 6.18 Å². The molecule has 1 N–H and O–H groups in total. The van der Waals surface area contributed by atoms with Crippen LogP contribution in [0, 0.1) is 17.8 Å². The molecule has 1 aliphatic carbocycles. The van der Waals surface area contributed by atoms with E-state index in [4.69, 9.17) is 19.2 Å². The first-order valence-corrected chi connectivity index (χ1v) is 11.1. The lowest BCUT2D eigenvalue weighted by atomic mass is 9.59. The molecular weight excluding hydrogens is 427 g/mol. The van der Waals surface area contributed by atoms with E-state index in [0.717, 1.165) is 31.4 Å². The molecule has 1 amide bonds. The molecule has 0 aromatic heterocycles. The summed E-state index contributed by atoms with van der Waals surface area (Å²) in [6.07, 6.45) is -1.90. The van der Waals surface area contributed by atoms with Crippen LogP contribution < -0.4 is 5.32 Å². The monoisotopic (exact) mass is 455 g/mol. The van der Waals surface area contributed by atoms with Crippen molar-refractivity contribution in [2.24, 2.45) is 17.8 Å². The Hall–Kier alpha value is -1.68. The van der Waals surface area contributed by atoms with Crippen molar-refractivity contribution in [1.82, 2.24) is 5.32 Å². The van der Waals surface area contributed by atoms with Gasteiger partial charge in [0.25, 0.3) is 5.91 Å². The van der Waals surface area contributed by atoms with Gasteiger partial charge in [0, 0.05) is 18.9 Å². The summed E-state index contributed by atoms with van der Waals surface area (Å²) in [5, 5.41) is 2.85. The SMILES string of the molecule is C[C@@H]1CC[C@@H]2[C@]34OO[C@@](C)(CCC13)O[C@H]4O[C@]2(C)C(=O)NCc1ccc(C(F)(F)F)cc1. The summed E-state index contributed by atoms with van der Waals surface area (Å²) in [6, 6.07) is 4.75. The van der Waals surface area contributed by atoms with Gasteiger partial charge in [-0.3, -0.25) is 4.79 Å². The fraction of sp³-hybridized carbons (Fsp3) is 0.696. The summed E-state index contributed by atoms with van der Waals surface area (Å²) < 4.78 is 50.9. The molecule has 4 heterocycles. The number of halogens is 3. The lowest BCUT2D eigenvalue weighted by molar-refractivity contribution is -0.541. The molecule has 176 valence electrons. The zero-order valence-electron chi connectivity index (χ0n) is 18.3. The predicted molar refractivity (Wildman–Crippen MR) is 106 cm³/mol. The van der Waals surface area contributed by atoms with Crippen molar-refractivity contribution in [2.45, 2.75) is 82.5 Å². The molecule has 4 saturated heterocycles. The Balaban J connectivity index is 1.37. The first kappa shape index (κ1) is 22.1. The third kappa shape index (κ3) is 3.20. The molecule has 5 fully saturated rings. The fourth-order valence-corrected chi connectivity index (χ4v) is 6.09. The third-order valence-corrected chi connectivity index (χ3v) is 7.92. The molecule has 32 heavy (non-hydrogen) atoms. The second kappa shape index (κ2) is 7.16. The maximum Gasteiger partial charge on any atom is 0.416 e. The molecule has 1 aromatic carbocycles. The van der Waals surface area contributed by atoms with Crippen molar-refractivity contribution in [3.8, 4) is 0 Å². The van der Waals surface area contributed by atoms with E-state index in [1.165, 1.54) is 12.1 Å². The van der Waals surface area contributed by atoms with Gasteiger partial charge in [-0.15, -0.1) is 0 Å². The molecule has 4 aliphatic heterocycles. The second-order valence-electron chi connectivity index (χ2n) is 9.96. The zero-order chi connectivity index (χ0) is 22.9. The summed E-state index contributed by atoms with van der Waals surface area (Å²) in [5.74, 6) is -1.00. The van der Waals surface area contributed by atoms with Gasteiger partial charge in [0.1, 0.15) is 0 Å². The van der Waals surface area contributed by atoms with Crippen LogP contribution in [0.3, 0.4) is 0 Å². The van der Waals surface area contributed by atoms with E-state index in [9.17, 15) is 18.0 Å². The summed E-state index contributed by atoms with van der Waals surface area (Å²) in [6.45, 7) is 5.85. The van der Waals surface area contributed by atoms with Crippen LogP contribution in [-0.4, -0.2) is 29.2 Å². The topological polar surface area (TPSA) is 66.0 Å². The summed E-state index contributed by atoms with van der Waals surface area (Å²) in [7, 11) is 0. The summed E-state index contributed by atoms with van der Waals surface area (Å²) in [5.41, 5.74) is -2.21. The Bertz CT molecular complexity index is 908. The number of amides is 1. The average Bonchev–Trinajstić information content (AvgIpc) is 2.82. The molecule has 5 aliphatic rings. The highest BCUT2D eigenvalue weighted by Gasteiger charge is 2.75. The van der Waals surface area contributed by atoms with Crippen molar-refractivity contribution >= 4 is 5.91 Å². The Morgan fingerprint density at radius 3 is 2.50 bits per heavy atom. The molecule has 1 spiro atoms. The summed E-state index contributed by atoms with van der Waals surface area (Å²) in [4.78, 5) is 25.1. The quantitative estimate of drug-likeness (QED) is 0.688. The first-order valence-electron chi connectivity index (χ1n) is 11.1. The molecule has 7 atom stereocenters. The normalized spacial score (nSPS) is 42.9. The molecule has 6 nitrogen and oxygen atoms in total. The molecule has 1 aromatic rings. The number of alkyl halides is 3. The average molecular weight is 455 g/mol. The van der Waals surface area contributed by atoms with Crippen LogP contribution in [-0.2, 0) is 36.8 Å². The van der Waals surface area contributed by atoms with Crippen LogP contribution in [0.15, 0.2) is 24.3 Å². The molecule has 9 heteroatoms. The van der Waals surface area contributed by atoms with Crippen LogP contribution >= 0.6 is 0 Å². The van der Waals surface area contributed by atoms with Crippen LogP contribution in [0.25, 0.3) is 0 Å². The van der Waals surface area contributed by atoms with Crippen molar-refractivity contribution in [3.05, 3.63) is 35.4 Å². The number of hydrogen-bond donors (Lipinski definition) is 1. The fourth-order valence-electron chi connectivity index (χ4n) is 6.09. The van der Waals surface area contributed by atoms with Gasteiger partial charge in [0.15, 0.2) is 17.5 Å². The number of carbonyl (C=O) groups is 1. The molecule has 1 unspecified atom stereocenters. The maximum atomic E-state index is 13.4. The zero-order valence-corrected chi connectivity index (χ0v) is 18.3. The van der Waals surface area contributed by atoms with E-state index in [1.807, 2.05) is 6.92 Å². The van der Waals surface area contributed by atoms with Crippen molar-refractivity contribution in [2.75, 3.05) is 0 Å². The lowest BCUT2D eigenvalue weighted by Crippen LogP contribution is -2.62. The third-order valence-electron chi connectivity index (χ3n) is 7.92. The van der Waals surface area contributed by atoms with Crippen molar-refractivity contribution < 1.29 is 37.2 Å². The Morgan fingerprint density at radius 2 is 1.81 bits per heavy atom. The minimum absolute atomic E-state index is 0.0933. The Labute approximate surface area is 184 Å². The van der Waals surface area contributed by atoms with Gasteiger partial charge in [-0.2, -0.15) is 13.2 Å². The molecule has 0 radical (unpaired) electrons. The number of benzene rings is 1. The van der Waals surface area contributed by atoms with E-state index < -0.39 is 35.0 Å². The van der Waals surface area contributed by atoms with Gasteiger partial charge in [-0.05, 0) is 62.6 Å². The van der Waals surface area contributed by atoms with Gasteiger partial charge < -0.3 is 14.8 Å². The van der Waals surface area contributed by atoms with E-state index in [0.29, 0.717) is 17.9 Å². The maximum absolute atomic E-state index is 13.4. The number of fused-ring (bicyclic) bond motifs is 2. The number of rotatable bonds is 3. The van der Waals surface area contributed by atoms with E-state index in [2.05, 4.69) is 12.2 Å². The van der Waals surface area contributed by atoms with Crippen LogP contribution in [0.1, 0.15) is 57.6 Å². The standard InChI is InChI=1S/C23H28F3NO5/c1-13-4-9-17-21(3,18(28)27-12-14-5-7-15(8-6-14)23(24,25)26)30-19-22(17)16(13)10-11-20(2,29-19)31-32-22/h5-8,13,16-17,19H,4,9-12H2,1-3H3,(H,27,28)/t13-,16?,17+,19+,20+,21+,22-/m1/s1. The van der Waals surface area contributed by atoms with E-state index in [-0.39, 0.29) is 24.3 Å². The largest absolute Gasteiger partial charge is 0.416 e. The first-order chi connectivity index (χ1) is 15.0. The Morgan fingerprint density at radius 1 is 1.09 bits per heavy atom. The van der Waals surface area contributed by atoms with Crippen LogP contribution in [0.5, 0.6) is 0 Å². The highest BCUT2D eigenvalue weighted by atomic mass is 19.4. The van der Waals surface area contributed by atoms with Crippen molar-refractivity contribution in [1.29, 1.82) is 0 Å². The van der Waals surface area contributed by atoms with Gasteiger partial charge in [-0.1, -0.05) is 19.1 Å². The smallest absolute Gasteiger partial charge is 0.350 e. The number of carbonyl (C=O) groups excluding carboxylic acids is 1. The van der Waals surface area contributed by atoms with Gasteiger partial charge in [-0.25, -0.2) is 9.78 Å². The minimum atomic E-state index is -4.40. The van der Waals surface area contributed by atoms with Gasteiger partial charge in [0.2, 0.25) is 5.79 Å². The highest BCUT2D eigenvalue weighted by Crippen LogP contribution is 2.63. The molecule has 1 saturated carbocycles. The second-order valence-corrected chi connectivity index (χ2v) is 9.96. The van der Waals surface area contributed by atoms with Crippen LogP contribution in [0.2, 0.25) is 0 Å². The lowest BCUT2D eigenvalue weighted by Gasteiger charge is -2.50. The van der Waals surface area contributed by atoms with Crippen LogP contribution in [0.4, 0.5) is 13.2 Å². The van der Waals surface area contributed by atoms with Crippen molar-refractivity contribution in [3.63, 3.8) is 0 Å². The van der Waals surface area contributed by atoms with E-state index in [1.54, 1.807) is 6.92 Å². The minimum Gasteiger partial charge on any atom is -0.350 e. The number of hydrogen-bond acceptors (Lipinski definition) is 5. The molecular formula is C23H28F3NO5. The Kier molecular flexibility index (Phi) is 4.95. The van der Waals surface area contributed by atoms with Gasteiger partial charge in [0.05, 0.1) is 5.56 Å².